The lowest BCUT2D eigenvalue weighted by molar-refractivity contribution is -0.151. The predicted octanol–water partition coefficient (Wildman–Crippen LogP) is 5.86. The lowest BCUT2D eigenvalue weighted by atomic mass is 9.92. The van der Waals surface area contributed by atoms with Gasteiger partial charge in [-0.15, -0.1) is 0 Å². The standard InChI is InChI=1S/C16H14BrF3/c17-15(13-9-5-2-6-10-13)11-14(16(18,19)20)12-7-3-1-4-8-12/h1-10,14-15H,11H2/t14-,15+/m0/s1. The van der Waals surface area contributed by atoms with Crippen molar-refractivity contribution in [3.05, 3.63) is 71.8 Å². The van der Waals surface area contributed by atoms with Crippen molar-refractivity contribution in [1.29, 1.82) is 0 Å². The highest BCUT2D eigenvalue weighted by Crippen LogP contribution is 2.43. The van der Waals surface area contributed by atoms with Crippen LogP contribution in [0.3, 0.4) is 0 Å². The number of hydrogen-bond acceptors (Lipinski definition) is 0. The van der Waals surface area contributed by atoms with Gasteiger partial charge in [0.15, 0.2) is 0 Å². The van der Waals surface area contributed by atoms with Gasteiger partial charge in [-0.1, -0.05) is 76.6 Å². The number of benzene rings is 2. The maximum atomic E-state index is 13.3. The largest absolute Gasteiger partial charge is 0.395 e. The Balaban J connectivity index is 2.22. The first kappa shape index (κ1) is 15.1. The number of halogens is 4. The van der Waals surface area contributed by atoms with Crippen molar-refractivity contribution in [1.82, 2.24) is 0 Å². The molecule has 0 saturated heterocycles. The molecule has 0 nitrogen and oxygen atoms in total. The Morgan fingerprint density at radius 2 is 1.25 bits per heavy atom. The van der Waals surface area contributed by atoms with Gasteiger partial charge in [0.25, 0.3) is 0 Å². The van der Waals surface area contributed by atoms with Crippen molar-refractivity contribution in [3.63, 3.8) is 0 Å². The van der Waals surface area contributed by atoms with Crippen molar-refractivity contribution in [3.8, 4) is 0 Å². The van der Waals surface area contributed by atoms with Crippen LogP contribution in [0.4, 0.5) is 13.2 Å². The Bertz CT molecular complexity index is 522. The lowest BCUT2D eigenvalue weighted by Crippen LogP contribution is -2.22. The quantitative estimate of drug-likeness (QED) is 0.610. The molecule has 2 rings (SSSR count). The second-order valence-corrected chi connectivity index (χ2v) is 5.72. The minimum atomic E-state index is -4.25. The van der Waals surface area contributed by atoms with Crippen molar-refractivity contribution in [2.24, 2.45) is 0 Å². The van der Waals surface area contributed by atoms with E-state index in [0.29, 0.717) is 5.56 Å². The molecule has 20 heavy (non-hydrogen) atoms. The highest BCUT2D eigenvalue weighted by molar-refractivity contribution is 9.09. The van der Waals surface area contributed by atoms with Crippen LogP contribution in [-0.2, 0) is 0 Å². The minimum absolute atomic E-state index is 0.0163. The molecule has 0 spiro atoms. The highest BCUT2D eigenvalue weighted by atomic mass is 79.9. The second-order valence-electron chi connectivity index (χ2n) is 4.62. The number of hydrogen-bond donors (Lipinski definition) is 0. The normalized spacial score (nSPS) is 14.8. The number of alkyl halides is 4. The summed E-state index contributed by atoms with van der Waals surface area (Å²) in [6.07, 6.45) is -4.26. The van der Waals surface area contributed by atoms with E-state index in [4.69, 9.17) is 0 Å². The highest BCUT2D eigenvalue weighted by Gasteiger charge is 2.41. The molecule has 0 bridgehead atoms. The summed E-state index contributed by atoms with van der Waals surface area (Å²) in [5.41, 5.74) is 1.16. The topological polar surface area (TPSA) is 0 Å². The Morgan fingerprint density at radius 1 is 0.800 bits per heavy atom. The maximum absolute atomic E-state index is 13.3. The minimum Gasteiger partial charge on any atom is -0.170 e. The fraction of sp³-hybridized carbons (Fsp3) is 0.250. The molecule has 2 aromatic rings. The van der Waals surface area contributed by atoms with Crippen molar-refractivity contribution in [2.45, 2.75) is 23.3 Å². The van der Waals surface area contributed by atoms with Gasteiger partial charge in [-0.3, -0.25) is 0 Å². The van der Waals surface area contributed by atoms with E-state index in [2.05, 4.69) is 15.9 Å². The molecule has 0 aliphatic rings. The molecule has 0 aliphatic carbocycles. The van der Waals surface area contributed by atoms with Crippen LogP contribution < -0.4 is 0 Å². The van der Waals surface area contributed by atoms with Crippen LogP contribution in [0.25, 0.3) is 0 Å². The fourth-order valence-corrected chi connectivity index (χ4v) is 2.83. The molecule has 0 N–H and O–H groups in total. The summed E-state index contributed by atoms with van der Waals surface area (Å²) in [6.45, 7) is 0. The first-order chi connectivity index (χ1) is 9.48. The zero-order chi connectivity index (χ0) is 14.6. The van der Waals surface area contributed by atoms with Gasteiger partial charge in [0.2, 0.25) is 0 Å². The van der Waals surface area contributed by atoms with Gasteiger partial charge in [0, 0.05) is 4.83 Å². The third-order valence-corrected chi connectivity index (χ3v) is 4.10. The van der Waals surface area contributed by atoms with E-state index in [-0.39, 0.29) is 11.2 Å². The summed E-state index contributed by atoms with van der Waals surface area (Å²) in [7, 11) is 0. The molecule has 2 atom stereocenters. The Kier molecular flexibility index (Phi) is 4.86. The fourth-order valence-electron chi connectivity index (χ4n) is 2.15. The van der Waals surface area contributed by atoms with Crippen LogP contribution in [0, 0.1) is 0 Å². The van der Waals surface area contributed by atoms with Crippen molar-refractivity contribution < 1.29 is 13.2 Å². The van der Waals surface area contributed by atoms with E-state index >= 15 is 0 Å². The third-order valence-electron chi connectivity index (χ3n) is 3.20. The Hall–Kier alpha value is -1.29. The van der Waals surface area contributed by atoms with Crippen LogP contribution in [0.15, 0.2) is 60.7 Å². The first-order valence-electron chi connectivity index (χ1n) is 6.29. The average molecular weight is 343 g/mol. The lowest BCUT2D eigenvalue weighted by Gasteiger charge is -2.23. The van der Waals surface area contributed by atoms with E-state index in [0.717, 1.165) is 5.56 Å². The Labute approximate surface area is 124 Å². The van der Waals surface area contributed by atoms with Crippen LogP contribution in [0.2, 0.25) is 0 Å². The molecule has 0 heterocycles. The van der Waals surface area contributed by atoms with Crippen LogP contribution in [-0.4, -0.2) is 6.18 Å². The molecule has 2 aromatic carbocycles. The van der Waals surface area contributed by atoms with Crippen LogP contribution in [0.5, 0.6) is 0 Å². The van der Waals surface area contributed by atoms with Crippen molar-refractivity contribution in [2.75, 3.05) is 0 Å². The Morgan fingerprint density at radius 3 is 1.70 bits per heavy atom. The van der Waals surface area contributed by atoms with Crippen molar-refractivity contribution >= 4 is 15.9 Å². The van der Waals surface area contributed by atoms with E-state index in [1.165, 1.54) is 12.1 Å². The zero-order valence-corrected chi connectivity index (χ0v) is 12.2. The molecular formula is C16H14BrF3. The smallest absolute Gasteiger partial charge is 0.170 e. The van der Waals surface area contributed by atoms with Gasteiger partial charge in [-0.25, -0.2) is 0 Å². The van der Waals surface area contributed by atoms with E-state index in [1.807, 2.05) is 30.3 Å². The summed E-state index contributed by atoms with van der Waals surface area (Å²) >= 11 is 3.38. The van der Waals surface area contributed by atoms with Gasteiger partial charge in [-0.05, 0) is 17.5 Å². The molecule has 106 valence electrons. The SMILES string of the molecule is FC(F)(F)[C@@H](C[C@@H](Br)c1ccccc1)c1ccccc1. The van der Waals surface area contributed by atoms with Gasteiger partial charge in [-0.2, -0.15) is 13.2 Å². The van der Waals surface area contributed by atoms with Crippen LogP contribution >= 0.6 is 15.9 Å². The molecule has 0 radical (unpaired) electrons. The maximum Gasteiger partial charge on any atom is 0.395 e. The van der Waals surface area contributed by atoms with Gasteiger partial charge in [0.05, 0.1) is 5.92 Å². The molecule has 0 fully saturated rings. The zero-order valence-electron chi connectivity index (χ0n) is 10.6. The predicted molar refractivity (Wildman–Crippen MR) is 78.0 cm³/mol. The van der Waals surface area contributed by atoms with E-state index < -0.39 is 12.1 Å². The summed E-state index contributed by atoms with van der Waals surface area (Å²) < 4.78 is 39.8. The van der Waals surface area contributed by atoms with Gasteiger partial charge < -0.3 is 0 Å². The summed E-state index contributed by atoms with van der Waals surface area (Å²) in [6, 6.07) is 17.2. The number of rotatable bonds is 4. The third kappa shape index (κ3) is 3.85. The molecule has 0 unspecified atom stereocenters. The first-order valence-corrected chi connectivity index (χ1v) is 7.20. The molecule has 0 aliphatic heterocycles. The van der Waals surface area contributed by atoms with Gasteiger partial charge >= 0.3 is 6.18 Å². The summed E-state index contributed by atoms with van der Waals surface area (Å²) in [5, 5.41) is 0. The molecule has 4 heteroatoms. The monoisotopic (exact) mass is 342 g/mol. The molecule has 0 saturated carbocycles. The summed E-state index contributed by atoms with van der Waals surface area (Å²) in [5.74, 6) is -1.46. The second kappa shape index (κ2) is 6.44. The molecular weight excluding hydrogens is 329 g/mol. The molecule has 0 aromatic heterocycles. The molecule has 0 amide bonds. The summed E-state index contributed by atoms with van der Waals surface area (Å²) in [4.78, 5) is -0.324. The van der Waals surface area contributed by atoms with Crippen LogP contribution in [0.1, 0.15) is 28.3 Å². The average Bonchev–Trinajstić information content (AvgIpc) is 2.45. The van der Waals surface area contributed by atoms with E-state index in [1.54, 1.807) is 18.2 Å². The van der Waals surface area contributed by atoms with E-state index in [9.17, 15) is 13.2 Å². The van der Waals surface area contributed by atoms with Gasteiger partial charge in [0.1, 0.15) is 0 Å².